The Bertz CT molecular complexity index is 1270. The van der Waals surface area contributed by atoms with Crippen LogP contribution in [0.1, 0.15) is 31.8 Å². The van der Waals surface area contributed by atoms with Crippen molar-refractivity contribution in [2.45, 2.75) is 6.42 Å². The van der Waals surface area contributed by atoms with Crippen molar-refractivity contribution in [2.75, 3.05) is 14.2 Å². The Morgan fingerprint density at radius 3 is 1.79 bits per heavy atom. The number of carboxylic acids is 1. The zero-order valence-corrected chi connectivity index (χ0v) is 20.6. The molecule has 0 saturated heterocycles. The summed E-state index contributed by atoms with van der Waals surface area (Å²) in [6, 6.07) is 17.5. The first-order valence-electron chi connectivity index (χ1n) is 9.52. The molecule has 4 aromatic carbocycles. The van der Waals surface area contributed by atoms with Gasteiger partial charge in [0.2, 0.25) is 0 Å². The molecule has 0 heterocycles. The zero-order chi connectivity index (χ0) is 23.8. The number of aromatic carboxylic acids is 1. The van der Waals surface area contributed by atoms with Crippen molar-refractivity contribution in [3.8, 4) is 11.5 Å². The van der Waals surface area contributed by atoms with E-state index in [0.717, 1.165) is 25.0 Å². The van der Waals surface area contributed by atoms with Crippen LogP contribution in [0.2, 0.25) is 0 Å². The fourth-order valence-corrected chi connectivity index (χ4v) is 3.63. The molecular formula is C25H23NaO7. The fourth-order valence-electron chi connectivity index (χ4n) is 3.63. The van der Waals surface area contributed by atoms with Crippen molar-refractivity contribution in [3.05, 3.63) is 82.9 Å². The van der Waals surface area contributed by atoms with E-state index in [-0.39, 0.29) is 58.6 Å². The van der Waals surface area contributed by atoms with E-state index in [2.05, 4.69) is 0 Å². The third kappa shape index (κ3) is 5.71. The molecular weight excluding hydrogens is 435 g/mol. The summed E-state index contributed by atoms with van der Waals surface area (Å²) in [4.78, 5) is 23.0. The van der Waals surface area contributed by atoms with Crippen molar-refractivity contribution in [1.29, 1.82) is 0 Å². The first-order valence-corrected chi connectivity index (χ1v) is 9.52. The topological polar surface area (TPSA) is 138 Å². The average Bonchev–Trinajstić information content (AvgIpc) is 2.84. The number of carboxylic acid groups (broad SMARTS) is 1. The normalized spacial score (nSPS) is 9.70. The molecule has 7 nitrogen and oxygen atoms in total. The van der Waals surface area contributed by atoms with Crippen LogP contribution in [0.5, 0.6) is 11.5 Å². The molecule has 166 valence electrons. The van der Waals surface area contributed by atoms with Crippen molar-refractivity contribution >= 4 is 33.8 Å². The number of aliphatic hydroxyl groups is 1. The minimum Gasteiger partial charge on any atom is -0.857 e. The maximum atomic E-state index is 11.6. The van der Waals surface area contributed by atoms with E-state index in [1.54, 1.807) is 30.3 Å². The largest absolute Gasteiger partial charge is 1.00 e. The SMILES string of the molecule is CO.C[O-].O=Cc1cc2ccccc2c(Cc2c(O)c(C(=O)O)cc3ccccc23)c1O.[Na+]. The van der Waals surface area contributed by atoms with Gasteiger partial charge in [0.25, 0.3) is 0 Å². The molecule has 4 rings (SSSR count). The predicted molar refractivity (Wildman–Crippen MR) is 120 cm³/mol. The van der Waals surface area contributed by atoms with Crippen LogP contribution in [0.4, 0.5) is 0 Å². The fraction of sp³-hybridized carbons (Fsp3) is 0.120. The van der Waals surface area contributed by atoms with Gasteiger partial charge in [-0.15, -0.1) is 0 Å². The number of hydrogen-bond acceptors (Lipinski definition) is 6. The van der Waals surface area contributed by atoms with E-state index in [1.807, 2.05) is 24.3 Å². The Hall–Kier alpha value is -2.94. The zero-order valence-electron chi connectivity index (χ0n) is 18.6. The molecule has 0 aliphatic carbocycles. The van der Waals surface area contributed by atoms with Gasteiger partial charge in [-0.1, -0.05) is 48.5 Å². The van der Waals surface area contributed by atoms with Crippen LogP contribution in [0, 0.1) is 0 Å². The van der Waals surface area contributed by atoms with Crippen LogP contribution in [0.25, 0.3) is 21.5 Å². The van der Waals surface area contributed by atoms with Crippen molar-refractivity contribution in [3.63, 3.8) is 0 Å². The van der Waals surface area contributed by atoms with Crippen LogP contribution in [-0.2, 0) is 6.42 Å². The van der Waals surface area contributed by atoms with Gasteiger partial charge in [-0.05, 0) is 33.7 Å². The van der Waals surface area contributed by atoms with Gasteiger partial charge in [0.15, 0.2) is 6.29 Å². The van der Waals surface area contributed by atoms with E-state index in [1.165, 1.54) is 6.07 Å². The van der Waals surface area contributed by atoms with Crippen LogP contribution in [0.3, 0.4) is 0 Å². The summed E-state index contributed by atoms with van der Waals surface area (Å²) in [6.45, 7) is 0. The Labute approximate surface area is 212 Å². The predicted octanol–water partition coefficient (Wildman–Crippen LogP) is 0.0947. The van der Waals surface area contributed by atoms with Gasteiger partial charge in [-0.25, -0.2) is 4.79 Å². The molecule has 0 atom stereocenters. The summed E-state index contributed by atoms with van der Waals surface area (Å²) < 4.78 is 0. The molecule has 0 aliphatic rings. The molecule has 0 bridgehead atoms. The molecule has 0 aromatic heterocycles. The summed E-state index contributed by atoms with van der Waals surface area (Å²) in [5.41, 5.74) is 0.790. The van der Waals surface area contributed by atoms with Gasteiger partial charge in [-0.2, -0.15) is 7.11 Å². The Morgan fingerprint density at radius 2 is 1.30 bits per heavy atom. The monoisotopic (exact) mass is 458 g/mol. The van der Waals surface area contributed by atoms with Crippen molar-refractivity contribution < 1.29 is 64.7 Å². The Morgan fingerprint density at radius 1 is 0.848 bits per heavy atom. The minimum atomic E-state index is -1.24. The molecule has 0 unspecified atom stereocenters. The molecule has 8 heteroatoms. The molecule has 0 aliphatic heterocycles. The van der Waals surface area contributed by atoms with E-state index in [0.29, 0.717) is 28.2 Å². The number of carbonyl (C=O) groups excluding carboxylic acids is 1. The van der Waals surface area contributed by atoms with Crippen molar-refractivity contribution in [2.24, 2.45) is 0 Å². The third-order valence-corrected chi connectivity index (χ3v) is 4.99. The van der Waals surface area contributed by atoms with Gasteiger partial charge in [0.1, 0.15) is 17.1 Å². The van der Waals surface area contributed by atoms with Crippen LogP contribution in [-0.4, -0.2) is 46.9 Å². The molecule has 4 N–H and O–H groups in total. The number of carbonyl (C=O) groups is 2. The first-order chi connectivity index (χ1) is 15.5. The second kappa shape index (κ2) is 12.9. The number of fused-ring (bicyclic) bond motifs is 2. The smallest absolute Gasteiger partial charge is 0.857 e. The summed E-state index contributed by atoms with van der Waals surface area (Å²) >= 11 is 0. The Kier molecular flexibility index (Phi) is 11.0. The van der Waals surface area contributed by atoms with Gasteiger partial charge < -0.3 is 25.5 Å². The van der Waals surface area contributed by atoms with E-state index < -0.39 is 5.97 Å². The molecule has 0 spiro atoms. The number of aliphatic hydroxyl groups excluding tert-OH is 1. The number of phenolic OH excluding ortho intramolecular Hbond substituents is 1. The molecule has 0 saturated carbocycles. The number of hydrogen-bond donors (Lipinski definition) is 4. The summed E-state index contributed by atoms with van der Waals surface area (Å²) in [5.74, 6) is -1.75. The number of benzene rings is 4. The maximum absolute atomic E-state index is 11.6. The molecule has 4 aromatic rings. The maximum Gasteiger partial charge on any atom is 1.00 e. The summed E-state index contributed by atoms with van der Waals surface area (Å²) in [7, 11) is 1.75. The molecule has 0 radical (unpaired) electrons. The second-order valence-corrected chi connectivity index (χ2v) is 6.59. The van der Waals surface area contributed by atoms with Gasteiger partial charge >= 0.3 is 35.5 Å². The van der Waals surface area contributed by atoms with Gasteiger partial charge in [0.05, 0.1) is 5.56 Å². The Balaban J connectivity index is 0.00000103. The van der Waals surface area contributed by atoms with E-state index >= 15 is 0 Å². The van der Waals surface area contributed by atoms with Crippen molar-refractivity contribution in [1.82, 2.24) is 0 Å². The molecule has 0 fully saturated rings. The standard InChI is InChI=1S/C23H16O5.CH4O.CH3O.Na/c24-12-15-9-13-5-1-3-7-16(13)18(21(15)25)11-19-17-8-4-2-6-14(17)10-20(22(19)26)23(27)28;2*1-2;/h1-10,12,25-26H,11H2,(H,27,28);2H,1H3;1H3;/q;;-1;+1. The summed E-state index contributed by atoms with van der Waals surface area (Å²) in [5, 5.41) is 48.9. The molecule has 0 amide bonds. The van der Waals surface area contributed by atoms with Crippen LogP contribution in [0.15, 0.2) is 60.7 Å². The second-order valence-electron chi connectivity index (χ2n) is 6.59. The average molecular weight is 458 g/mol. The molecule has 33 heavy (non-hydrogen) atoms. The van der Waals surface area contributed by atoms with E-state index in [4.69, 9.17) is 10.2 Å². The number of rotatable bonds is 4. The van der Waals surface area contributed by atoms with Crippen LogP contribution >= 0.6 is 0 Å². The quantitative estimate of drug-likeness (QED) is 0.251. The third-order valence-electron chi connectivity index (χ3n) is 4.99. The summed E-state index contributed by atoms with van der Waals surface area (Å²) in [6.07, 6.45) is 0.651. The first kappa shape index (κ1) is 28.1. The minimum absolute atomic E-state index is 0. The van der Waals surface area contributed by atoms with Gasteiger partial charge in [-0.3, -0.25) is 4.79 Å². The van der Waals surface area contributed by atoms with Crippen LogP contribution < -0.4 is 34.7 Å². The van der Waals surface area contributed by atoms with Gasteiger partial charge in [0, 0.05) is 24.7 Å². The number of phenols is 2. The number of aromatic hydroxyl groups is 2. The van der Waals surface area contributed by atoms with E-state index in [9.17, 15) is 24.9 Å². The number of aldehydes is 1.